The van der Waals surface area contributed by atoms with Gasteiger partial charge in [0, 0.05) is 25.7 Å². The average molecular weight is 383 g/mol. The maximum atomic E-state index is 13.0. The summed E-state index contributed by atoms with van der Waals surface area (Å²) in [5.74, 6) is -0.411. The predicted molar refractivity (Wildman–Crippen MR) is 85.1 cm³/mol. The van der Waals surface area contributed by atoms with Gasteiger partial charge in [0.25, 0.3) is 0 Å². The summed E-state index contributed by atoms with van der Waals surface area (Å²) in [5.41, 5.74) is 0.625. The fourth-order valence-electron chi connectivity index (χ4n) is 1.55. The maximum Gasteiger partial charge on any atom is 0.191 e. The van der Waals surface area contributed by atoms with Crippen LogP contribution in [0.5, 0.6) is 0 Å². The number of rotatable bonds is 4. The van der Waals surface area contributed by atoms with Crippen LogP contribution in [0.2, 0.25) is 0 Å². The summed E-state index contributed by atoms with van der Waals surface area (Å²) >= 11 is 0. The Balaban J connectivity index is 0.00000324. The van der Waals surface area contributed by atoms with E-state index >= 15 is 0 Å². The topological polar surface area (TPSA) is 36.4 Å². The molecule has 0 spiro atoms. The van der Waals surface area contributed by atoms with Crippen molar-refractivity contribution in [3.05, 3.63) is 35.4 Å². The van der Waals surface area contributed by atoms with Gasteiger partial charge in [-0.25, -0.2) is 8.78 Å². The minimum Gasteiger partial charge on any atom is -0.356 e. The Hall–Kier alpha value is -0.920. The summed E-state index contributed by atoms with van der Waals surface area (Å²) < 4.78 is 25.9. The Morgan fingerprint density at radius 3 is 2.26 bits per heavy atom. The van der Waals surface area contributed by atoms with E-state index in [1.54, 1.807) is 7.05 Å². The first kappa shape index (κ1) is 18.1. The molecule has 0 aromatic heterocycles. The fourth-order valence-corrected chi connectivity index (χ4v) is 1.55. The van der Waals surface area contributed by atoms with Crippen LogP contribution >= 0.6 is 24.0 Å². The van der Waals surface area contributed by atoms with Crippen LogP contribution in [0, 0.1) is 11.6 Å². The van der Waals surface area contributed by atoms with E-state index in [0.717, 1.165) is 6.07 Å². The molecule has 6 heteroatoms. The van der Waals surface area contributed by atoms with Crippen LogP contribution in [-0.4, -0.2) is 25.6 Å². The number of aliphatic imine (C=N–C) groups is 1. The second kappa shape index (κ2) is 9.06. The molecule has 0 heterocycles. The SMILES string of the molecule is CN=C(NCCc1cc(F)cc(F)c1)NC(C)C.I. The first-order valence-corrected chi connectivity index (χ1v) is 5.93. The molecule has 0 fully saturated rings. The van der Waals surface area contributed by atoms with Crippen molar-refractivity contribution in [2.45, 2.75) is 26.3 Å². The average Bonchev–Trinajstić information content (AvgIpc) is 2.25. The summed E-state index contributed by atoms with van der Waals surface area (Å²) in [6, 6.07) is 3.82. The Morgan fingerprint density at radius 1 is 1.21 bits per heavy atom. The molecule has 0 aliphatic heterocycles. The minimum absolute atomic E-state index is 0. The molecule has 1 aromatic rings. The Kier molecular flexibility index (Phi) is 8.62. The number of guanidine groups is 1. The second-order valence-corrected chi connectivity index (χ2v) is 4.33. The minimum atomic E-state index is -0.547. The molecule has 0 amide bonds. The third kappa shape index (κ3) is 7.29. The van der Waals surface area contributed by atoms with Gasteiger partial charge in [-0.15, -0.1) is 24.0 Å². The third-order valence-electron chi connectivity index (χ3n) is 2.28. The Morgan fingerprint density at radius 2 is 1.79 bits per heavy atom. The molecule has 3 nitrogen and oxygen atoms in total. The molecule has 0 aliphatic rings. The van der Waals surface area contributed by atoms with Crippen molar-refractivity contribution in [3.63, 3.8) is 0 Å². The van der Waals surface area contributed by atoms with Gasteiger partial charge in [0.1, 0.15) is 11.6 Å². The molecule has 0 unspecified atom stereocenters. The molecule has 0 bridgehead atoms. The molecule has 108 valence electrons. The van der Waals surface area contributed by atoms with Crippen molar-refractivity contribution in [3.8, 4) is 0 Å². The van der Waals surface area contributed by atoms with Crippen LogP contribution in [0.3, 0.4) is 0 Å². The van der Waals surface area contributed by atoms with Gasteiger partial charge in [0.15, 0.2) is 5.96 Å². The van der Waals surface area contributed by atoms with E-state index in [-0.39, 0.29) is 30.0 Å². The van der Waals surface area contributed by atoms with Crippen LogP contribution in [0.4, 0.5) is 8.78 Å². The maximum absolute atomic E-state index is 13.0. The highest BCUT2D eigenvalue weighted by molar-refractivity contribution is 14.0. The van der Waals surface area contributed by atoms with Gasteiger partial charge in [-0.1, -0.05) is 0 Å². The zero-order valence-electron chi connectivity index (χ0n) is 11.3. The van der Waals surface area contributed by atoms with E-state index in [1.165, 1.54) is 12.1 Å². The zero-order chi connectivity index (χ0) is 13.5. The van der Waals surface area contributed by atoms with Crippen molar-refractivity contribution in [1.29, 1.82) is 0 Å². The monoisotopic (exact) mass is 383 g/mol. The van der Waals surface area contributed by atoms with Gasteiger partial charge >= 0.3 is 0 Å². The zero-order valence-corrected chi connectivity index (χ0v) is 13.7. The smallest absolute Gasteiger partial charge is 0.191 e. The molecule has 1 rings (SSSR count). The van der Waals surface area contributed by atoms with Crippen molar-refractivity contribution in [2.75, 3.05) is 13.6 Å². The molecule has 19 heavy (non-hydrogen) atoms. The lowest BCUT2D eigenvalue weighted by Crippen LogP contribution is -2.41. The standard InChI is InChI=1S/C13H19F2N3.HI/c1-9(2)18-13(16-3)17-5-4-10-6-11(14)8-12(15)7-10;/h6-9H,4-5H2,1-3H3,(H2,16,17,18);1H. The third-order valence-corrected chi connectivity index (χ3v) is 2.28. The summed E-state index contributed by atoms with van der Waals surface area (Å²) in [7, 11) is 1.68. The predicted octanol–water partition coefficient (Wildman–Crippen LogP) is 2.70. The quantitative estimate of drug-likeness (QED) is 0.477. The van der Waals surface area contributed by atoms with Gasteiger partial charge in [-0.3, -0.25) is 4.99 Å². The lowest BCUT2D eigenvalue weighted by molar-refractivity contribution is 0.579. The lowest BCUT2D eigenvalue weighted by Gasteiger charge is -2.14. The van der Waals surface area contributed by atoms with E-state index in [4.69, 9.17) is 0 Å². The van der Waals surface area contributed by atoms with Crippen LogP contribution in [0.15, 0.2) is 23.2 Å². The Labute approximate surface area is 129 Å². The van der Waals surface area contributed by atoms with Gasteiger partial charge < -0.3 is 10.6 Å². The summed E-state index contributed by atoms with van der Waals surface area (Å²) in [4.78, 5) is 4.04. The van der Waals surface area contributed by atoms with Crippen molar-refractivity contribution < 1.29 is 8.78 Å². The first-order chi connectivity index (χ1) is 8.51. The molecule has 1 aromatic carbocycles. The summed E-state index contributed by atoms with van der Waals surface area (Å²) in [6.07, 6.45) is 0.535. The molecule has 0 saturated heterocycles. The molecule has 0 atom stereocenters. The highest BCUT2D eigenvalue weighted by Gasteiger charge is 2.02. The van der Waals surface area contributed by atoms with Crippen LogP contribution in [0.1, 0.15) is 19.4 Å². The van der Waals surface area contributed by atoms with Gasteiger partial charge in [-0.05, 0) is 38.0 Å². The number of nitrogens with zero attached hydrogens (tertiary/aromatic N) is 1. The molecule has 0 radical (unpaired) electrons. The number of benzene rings is 1. The number of nitrogens with one attached hydrogen (secondary N) is 2. The van der Waals surface area contributed by atoms with E-state index in [1.807, 2.05) is 13.8 Å². The fraction of sp³-hybridized carbons (Fsp3) is 0.462. The highest BCUT2D eigenvalue weighted by Crippen LogP contribution is 2.07. The van der Waals surface area contributed by atoms with E-state index in [2.05, 4.69) is 15.6 Å². The van der Waals surface area contributed by atoms with Gasteiger partial charge in [0.2, 0.25) is 0 Å². The van der Waals surface area contributed by atoms with E-state index in [0.29, 0.717) is 24.5 Å². The van der Waals surface area contributed by atoms with Crippen molar-refractivity contribution in [1.82, 2.24) is 10.6 Å². The molecule has 0 saturated carbocycles. The highest BCUT2D eigenvalue weighted by atomic mass is 127. The van der Waals surface area contributed by atoms with Crippen molar-refractivity contribution in [2.24, 2.45) is 4.99 Å². The largest absolute Gasteiger partial charge is 0.356 e. The Bertz CT molecular complexity index is 402. The van der Waals surface area contributed by atoms with Gasteiger partial charge in [0.05, 0.1) is 0 Å². The second-order valence-electron chi connectivity index (χ2n) is 4.33. The number of hydrogen-bond acceptors (Lipinski definition) is 1. The molecule has 2 N–H and O–H groups in total. The first-order valence-electron chi connectivity index (χ1n) is 5.93. The normalized spacial score (nSPS) is 11.2. The number of halogens is 3. The molecular weight excluding hydrogens is 363 g/mol. The molecule has 0 aliphatic carbocycles. The molecular formula is C13H20F2IN3. The van der Waals surface area contributed by atoms with Crippen LogP contribution < -0.4 is 10.6 Å². The lowest BCUT2D eigenvalue weighted by atomic mass is 10.1. The van der Waals surface area contributed by atoms with E-state index < -0.39 is 11.6 Å². The summed E-state index contributed by atoms with van der Waals surface area (Å²) in [6.45, 7) is 4.58. The van der Waals surface area contributed by atoms with Crippen molar-refractivity contribution >= 4 is 29.9 Å². The number of hydrogen-bond donors (Lipinski definition) is 2. The van der Waals surface area contributed by atoms with Crippen LogP contribution in [0.25, 0.3) is 0 Å². The summed E-state index contributed by atoms with van der Waals surface area (Å²) in [5, 5.41) is 6.21. The van der Waals surface area contributed by atoms with E-state index in [9.17, 15) is 8.78 Å². The van der Waals surface area contributed by atoms with Crippen LogP contribution in [-0.2, 0) is 6.42 Å². The van der Waals surface area contributed by atoms with Gasteiger partial charge in [-0.2, -0.15) is 0 Å².